The molecule has 0 saturated heterocycles. The Balaban J connectivity index is 1.90. The normalized spacial score (nSPS) is 11.0. The minimum atomic E-state index is -3.58. The fraction of sp³-hybridized carbons (Fsp3) is 0.263. The molecule has 0 aliphatic rings. The number of rotatable bonds is 8. The molecule has 7 nitrogen and oxygen atoms in total. The van der Waals surface area contributed by atoms with Crippen LogP contribution in [-0.4, -0.2) is 45.4 Å². The van der Waals surface area contributed by atoms with Gasteiger partial charge in [0.05, 0.1) is 10.5 Å². The average molecular weight is 390 g/mol. The lowest BCUT2D eigenvalue weighted by Gasteiger charge is -2.17. The van der Waals surface area contributed by atoms with Gasteiger partial charge in [-0.05, 0) is 29.8 Å². The topological polar surface area (TPSA) is 92.8 Å². The van der Waals surface area contributed by atoms with Crippen molar-refractivity contribution < 1.29 is 22.7 Å². The Bertz CT molecular complexity index is 880. The van der Waals surface area contributed by atoms with Gasteiger partial charge in [0.25, 0.3) is 5.91 Å². The van der Waals surface area contributed by atoms with Gasteiger partial charge in [0.1, 0.15) is 0 Å². The molecular weight excluding hydrogens is 368 g/mol. The van der Waals surface area contributed by atoms with Crippen LogP contribution in [0.4, 0.5) is 0 Å². The molecule has 0 aliphatic heterocycles. The summed E-state index contributed by atoms with van der Waals surface area (Å²) >= 11 is 0. The molecule has 0 saturated carbocycles. The lowest BCUT2D eigenvalue weighted by atomic mass is 10.2. The van der Waals surface area contributed by atoms with Gasteiger partial charge in [-0.1, -0.05) is 37.3 Å². The monoisotopic (exact) mass is 390 g/mol. The zero-order valence-electron chi connectivity index (χ0n) is 15.2. The van der Waals surface area contributed by atoms with Crippen molar-refractivity contribution in [3.8, 4) is 0 Å². The predicted octanol–water partition coefficient (Wildman–Crippen LogP) is 1.80. The minimum absolute atomic E-state index is 0.0552. The van der Waals surface area contributed by atoms with Crippen LogP contribution in [0.15, 0.2) is 59.5 Å². The van der Waals surface area contributed by atoms with Crippen molar-refractivity contribution >= 4 is 21.9 Å². The van der Waals surface area contributed by atoms with Crippen LogP contribution >= 0.6 is 0 Å². The number of sulfonamides is 1. The van der Waals surface area contributed by atoms with Crippen molar-refractivity contribution in [2.24, 2.45) is 0 Å². The number of hydrogen-bond donors (Lipinski definition) is 1. The van der Waals surface area contributed by atoms with Crippen LogP contribution in [0.25, 0.3) is 0 Å². The number of carbonyl (C=O) groups is 2. The van der Waals surface area contributed by atoms with Crippen LogP contribution in [0, 0.1) is 0 Å². The summed E-state index contributed by atoms with van der Waals surface area (Å²) in [5.41, 5.74) is 1.14. The van der Waals surface area contributed by atoms with E-state index < -0.39 is 16.0 Å². The highest BCUT2D eigenvalue weighted by atomic mass is 32.2. The predicted molar refractivity (Wildman–Crippen MR) is 101 cm³/mol. The molecule has 0 spiro atoms. The van der Waals surface area contributed by atoms with Crippen LogP contribution < -0.4 is 4.72 Å². The Morgan fingerprint density at radius 3 is 2.26 bits per heavy atom. The van der Waals surface area contributed by atoms with Crippen molar-refractivity contribution in [1.82, 2.24) is 9.62 Å². The van der Waals surface area contributed by atoms with Gasteiger partial charge in [-0.25, -0.2) is 17.9 Å². The van der Waals surface area contributed by atoms with Crippen LogP contribution in [0.1, 0.15) is 22.8 Å². The van der Waals surface area contributed by atoms with Gasteiger partial charge >= 0.3 is 5.97 Å². The Kier molecular flexibility index (Phi) is 7.09. The molecule has 2 rings (SSSR count). The van der Waals surface area contributed by atoms with Crippen LogP contribution in [-0.2, 0) is 26.1 Å². The third-order valence-corrected chi connectivity index (χ3v) is 5.31. The third-order valence-electron chi connectivity index (χ3n) is 3.75. The van der Waals surface area contributed by atoms with E-state index in [0.717, 1.165) is 5.56 Å². The molecule has 0 fully saturated rings. The van der Waals surface area contributed by atoms with E-state index in [1.165, 1.54) is 29.2 Å². The van der Waals surface area contributed by atoms with Gasteiger partial charge in [-0.15, -0.1) is 0 Å². The van der Waals surface area contributed by atoms with Crippen molar-refractivity contribution in [2.45, 2.75) is 18.4 Å². The second-order valence-corrected chi connectivity index (χ2v) is 7.60. The first-order valence-corrected chi connectivity index (χ1v) is 9.86. The number of benzene rings is 2. The fourth-order valence-corrected chi connectivity index (χ4v) is 3.35. The van der Waals surface area contributed by atoms with Gasteiger partial charge in [-0.2, -0.15) is 0 Å². The van der Waals surface area contributed by atoms with Crippen LogP contribution in [0.3, 0.4) is 0 Å². The molecule has 0 radical (unpaired) electrons. The van der Waals surface area contributed by atoms with Crippen molar-refractivity contribution in [2.75, 3.05) is 20.2 Å². The van der Waals surface area contributed by atoms with Crippen LogP contribution in [0.2, 0.25) is 0 Å². The Labute approximate surface area is 159 Å². The standard InChI is InChI=1S/C19H22N2O5S/c1-3-20-27(24,25)17-11-9-16(10-12-17)19(23)26-14-18(22)21(2)13-15-7-5-4-6-8-15/h4-12,20H,3,13-14H2,1-2H3. The van der Waals surface area contributed by atoms with E-state index in [9.17, 15) is 18.0 Å². The second-order valence-electron chi connectivity index (χ2n) is 5.84. The van der Waals surface area contributed by atoms with Crippen LogP contribution in [0.5, 0.6) is 0 Å². The zero-order valence-corrected chi connectivity index (χ0v) is 16.0. The number of esters is 1. The fourth-order valence-electron chi connectivity index (χ4n) is 2.31. The maximum Gasteiger partial charge on any atom is 0.338 e. The molecule has 2 aromatic rings. The first-order valence-electron chi connectivity index (χ1n) is 8.38. The quantitative estimate of drug-likeness (QED) is 0.694. The molecule has 8 heteroatoms. The maximum atomic E-state index is 12.1. The number of ether oxygens (including phenoxy) is 1. The number of nitrogens with zero attached hydrogens (tertiary/aromatic N) is 1. The number of hydrogen-bond acceptors (Lipinski definition) is 5. The van der Waals surface area contributed by atoms with Gasteiger partial charge in [0.2, 0.25) is 10.0 Å². The minimum Gasteiger partial charge on any atom is -0.452 e. The third kappa shape index (κ3) is 5.90. The molecule has 1 N–H and O–H groups in total. The molecular formula is C19H22N2O5S. The Hall–Kier alpha value is -2.71. The second kappa shape index (κ2) is 9.29. The summed E-state index contributed by atoms with van der Waals surface area (Å²) in [7, 11) is -1.95. The lowest BCUT2D eigenvalue weighted by molar-refractivity contribution is -0.133. The molecule has 0 aliphatic carbocycles. The molecule has 0 unspecified atom stereocenters. The van der Waals surface area contributed by atoms with Gasteiger partial charge < -0.3 is 9.64 Å². The zero-order chi connectivity index (χ0) is 19.9. The molecule has 0 bridgehead atoms. The molecule has 144 valence electrons. The highest BCUT2D eigenvalue weighted by Gasteiger charge is 2.16. The molecule has 2 aromatic carbocycles. The number of amides is 1. The highest BCUT2D eigenvalue weighted by Crippen LogP contribution is 2.11. The Morgan fingerprint density at radius 1 is 1.04 bits per heavy atom. The summed E-state index contributed by atoms with van der Waals surface area (Å²) < 4.78 is 31.1. The van der Waals surface area contributed by atoms with Gasteiger partial charge in [-0.3, -0.25) is 4.79 Å². The largest absolute Gasteiger partial charge is 0.452 e. The van der Waals surface area contributed by atoms with E-state index in [4.69, 9.17) is 4.74 Å². The smallest absolute Gasteiger partial charge is 0.338 e. The van der Waals surface area contributed by atoms with Crippen molar-refractivity contribution in [1.29, 1.82) is 0 Å². The van der Waals surface area contributed by atoms with E-state index in [1.54, 1.807) is 14.0 Å². The lowest BCUT2D eigenvalue weighted by Crippen LogP contribution is -2.30. The molecule has 1 amide bonds. The van der Waals surface area contributed by atoms with Gasteiger partial charge in [0, 0.05) is 20.1 Å². The molecule has 0 heterocycles. The summed E-state index contributed by atoms with van der Waals surface area (Å²) in [5.74, 6) is -1.03. The van der Waals surface area contributed by atoms with E-state index in [2.05, 4.69) is 4.72 Å². The first-order chi connectivity index (χ1) is 12.8. The SMILES string of the molecule is CCNS(=O)(=O)c1ccc(C(=O)OCC(=O)N(C)Cc2ccccc2)cc1. The number of nitrogens with one attached hydrogen (secondary N) is 1. The molecule has 27 heavy (non-hydrogen) atoms. The summed E-state index contributed by atoms with van der Waals surface area (Å²) in [5, 5.41) is 0. The number of likely N-dealkylation sites (N-methyl/N-ethyl adjacent to an activating group) is 1. The van der Waals surface area contributed by atoms with E-state index in [-0.39, 0.29) is 29.5 Å². The van der Waals surface area contributed by atoms with E-state index in [0.29, 0.717) is 6.54 Å². The molecule has 0 atom stereocenters. The summed E-state index contributed by atoms with van der Waals surface area (Å²) in [6.45, 7) is 1.97. The highest BCUT2D eigenvalue weighted by molar-refractivity contribution is 7.89. The Morgan fingerprint density at radius 2 is 1.67 bits per heavy atom. The van der Waals surface area contributed by atoms with E-state index in [1.807, 2.05) is 30.3 Å². The number of carbonyl (C=O) groups excluding carboxylic acids is 2. The van der Waals surface area contributed by atoms with Crippen molar-refractivity contribution in [3.63, 3.8) is 0 Å². The molecule has 0 aromatic heterocycles. The van der Waals surface area contributed by atoms with Gasteiger partial charge in [0.15, 0.2) is 6.61 Å². The summed E-state index contributed by atoms with van der Waals surface area (Å²) in [4.78, 5) is 25.7. The summed E-state index contributed by atoms with van der Waals surface area (Å²) in [6, 6.07) is 14.8. The average Bonchev–Trinajstić information content (AvgIpc) is 2.66. The van der Waals surface area contributed by atoms with E-state index >= 15 is 0 Å². The van der Waals surface area contributed by atoms with Crippen molar-refractivity contribution in [3.05, 3.63) is 65.7 Å². The maximum absolute atomic E-state index is 12.1. The summed E-state index contributed by atoms with van der Waals surface area (Å²) in [6.07, 6.45) is 0. The first kappa shape index (κ1) is 20.6.